The third-order valence-corrected chi connectivity index (χ3v) is 2.75. The summed E-state index contributed by atoms with van der Waals surface area (Å²) in [4.78, 5) is 27.1. The molecule has 12 heavy (non-hydrogen) atoms. The zero-order valence-corrected chi connectivity index (χ0v) is 8.91. The number of hydroxylamine groups is 2. The summed E-state index contributed by atoms with van der Waals surface area (Å²) >= 11 is 2.14. The highest BCUT2D eigenvalue weighted by molar-refractivity contribution is 14.1. The second-order valence-electron chi connectivity index (χ2n) is 2.65. The van der Waals surface area contributed by atoms with E-state index in [2.05, 4.69) is 22.6 Å². The molecular formula is C7H10INO3. The second kappa shape index (κ2) is 4.18. The number of hydrogen-bond acceptors (Lipinski definition) is 3. The van der Waals surface area contributed by atoms with Crippen LogP contribution in [0.5, 0.6) is 0 Å². The number of hydrogen-bond donors (Lipinski definition) is 0. The third kappa shape index (κ3) is 2.16. The molecule has 0 saturated carbocycles. The fourth-order valence-electron chi connectivity index (χ4n) is 0.882. The molecule has 1 fully saturated rings. The van der Waals surface area contributed by atoms with Crippen LogP contribution in [0.3, 0.4) is 0 Å². The lowest BCUT2D eigenvalue weighted by atomic mass is 10.4. The average Bonchev–Trinajstić information content (AvgIpc) is 2.35. The summed E-state index contributed by atoms with van der Waals surface area (Å²) < 4.78 is 0.759. The Kier molecular flexibility index (Phi) is 3.45. The molecule has 4 nitrogen and oxygen atoms in total. The van der Waals surface area contributed by atoms with Crippen molar-refractivity contribution in [3.05, 3.63) is 0 Å². The average molecular weight is 283 g/mol. The van der Waals surface area contributed by atoms with Gasteiger partial charge in [0, 0.05) is 17.3 Å². The van der Waals surface area contributed by atoms with Gasteiger partial charge < -0.3 is 0 Å². The van der Waals surface area contributed by atoms with E-state index in [1.807, 2.05) is 6.92 Å². The fraction of sp³-hybridized carbons (Fsp3) is 0.714. The van der Waals surface area contributed by atoms with Crippen LogP contribution >= 0.6 is 22.6 Å². The van der Waals surface area contributed by atoms with Gasteiger partial charge in [0.2, 0.25) is 0 Å². The predicted octanol–water partition coefficient (Wildman–Crippen LogP) is 0.891. The molecule has 1 saturated heterocycles. The van der Waals surface area contributed by atoms with Gasteiger partial charge in [-0.2, -0.15) is 5.06 Å². The highest BCUT2D eigenvalue weighted by atomic mass is 127. The SMILES string of the molecule is CC(CI)ON1C(=O)CCC1=O. The Labute approximate surface area is 84.3 Å². The lowest BCUT2D eigenvalue weighted by Gasteiger charge is -2.16. The Hall–Kier alpha value is -0.170. The Morgan fingerprint density at radius 1 is 1.50 bits per heavy atom. The standard InChI is InChI=1S/C7H10INO3/c1-5(4-8)12-9-6(10)2-3-7(9)11/h5H,2-4H2,1H3. The van der Waals surface area contributed by atoms with E-state index in [0.29, 0.717) is 0 Å². The van der Waals surface area contributed by atoms with E-state index >= 15 is 0 Å². The van der Waals surface area contributed by atoms with Crippen LogP contribution in [0.25, 0.3) is 0 Å². The third-order valence-electron chi connectivity index (χ3n) is 1.51. The lowest BCUT2D eigenvalue weighted by molar-refractivity contribution is -0.197. The Morgan fingerprint density at radius 2 is 2.00 bits per heavy atom. The molecular weight excluding hydrogens is 273 g/mol. The van der Waals surface area contributed by atoms with Gasteiger partial charge in [-0.25, -0.2) is 0 Å². The van der Waals surface area contributed by atoms with Crippen molar-refractivity contribution in [3.8, 4) is 0 Å². The van der Waals surface area contributed by atoms with Crippen LogP contribution in [-0.2, 0) is 14.4 Å². The van der Waals surface area contributed by atoms with Gasteiger partial charge >= 0.3 is 0 Å². The summed E-state index contributed by atoms with van der Waals surface area (Å²) in [6, 6.07) is 0. The van der Waals surface area contributed by atoms with Gasteiger partial charge in [0.05, 0.1) is 6.10 Å². The highest BCUT2D eigenvalue weighted by Gasteiger charge is 2.31. The van der Waals surface area contributed by atoms with E-state index in [1.54, 1.807) is 0 Å². The molecule has 1 aliphatic rings. The minimum atomic E-state index is -0.225. The normalized spacial score (nSPS) is 20.3. The second-order valence-corrected chi connectivity index (χ2v) is 3.53. The van der Waals surface area contributed by atoms with Crippen molar-refractivity contribution >= 4 is 34.4 Å². The van der Waals surface area contributed by atoms with E-state index in [-0.39, 0.29) is 30.8 Å². The van der Waals surface area contributed by atoms with Crippen LogP contribution in [-0.4, -0.2) is 27.4 Å². The van der Waals surface area contributed by atoms with Crippen molar-refractivity contribution in [2.75, 3.05) is 4.43 Å². The number of rotatable bonds is 3. The molecule has 2 amide bonds. The molecule has 1 heterocycles. The summed E-state index contributed by atoms with van der Waals surface area (Å²) in [5.74, 6) is -0.451. The fourth-order valence-corrected chi connectivity index (χ4v) is 1.04. The first-order valence-electron chi connectivity index (χ1n) is 3.73. The van der Waals surface area contributed by atoms with Crippen molar-refractivity contribution in [1.29, 1.82) is 0 Å². The quantitative estimate of drug-likeness (QED) is 0.439. The van der Waals surface area contributed by atoms with Gasteiger partial charge in [-0.3, -0.25) is 14.4 Å². The zero-order chi connectivity index (χ0) is 9.14. The largest absolute Gasteiger partial charge is 0.272 e. The molecule has 1 aliphatic heterocycles. The zero-order valence-electron chi connectivity index (χ0n) is 6.75. The van der Waals surface area contributed by atoms with Gasteiger partial charge in [0.15, 0.2) is 0 Å². The number of alkyl halides is 1. The van der Waals surface area contributed by atoms with Crippen LogP contribution in [0.2, 0.25) is 0 Å². The molecule has 0 spiro atoms. The number of halogens is 1. The Morgan fingerprint density at radius 3 is 2.42 bits per heavy atom. The van der Waals surface area contributed by atoms with Crippen molar-refractivity contribution in [2.24, 2.45) is 0 Å². The van der Waals surface area contributed by atoms with Crippen LogP contribution < -0.4 is 0 Å². The summed E-state index contributed by atoms with van der Waals surface area (Å²) in [6.07, 6.45) is 0.483. The summed E-state index contributed by atoms with van der Waals surface area (Å²) in [5, 5.41) is 0.892. The maximum absolute atomic E-state index is 11.0. The van der Waals surface area contributed by atoms with Crippen LogP contribution in [0, 0.1) is 0 Å². The van der Waals surface area contributed by atoms with E-state index in [1.165, 1.54) is 0 Å². The van der Waals surface area contributed by atoms with E-state index in [9.17, 15) is 9.59 Å². The molecule has 0 N–H and O–H groups in total. The number of nitrogens with zero attached hydrogens (tertiary/aromatic N) is 1. The highest BCUT2D eigenvalue weighted by Crippen LogP contribution is 2.14. The number of imide groups is 1. The Balaban J connectivity index is 2.50. The monoisotopic (exact) mass is 283 g/mol. The number of carbonyl (C=O) groups excluding carboxylic acids is 2. The molecule has 1 unspecified atom stereocenters. The number of amides is 2. The molecule has 0 aliphatic carbocycles. The lowest BCUT2D eigenvalue weighted by Crippen LogP contribution is -2.33. The molecule has 0 bridgehead atoms. The smallest absolute Gasteiger partial charge is 0.254 e. The van der Waals surface area contributed by atoms with Crippen molar-refractivity contribution in [1.82, 2.24) is 5.06 Å². The topological polar surface area (TPSA) is 46.6 Å². The summed E-state index contributed by atoms with van der Waals surface area (Å²) in [7, 11) is 0. The molecule has 0 aromatic carbocycles. The predicted molar refractivity (Wildman–Crippen MR) is 50.5 cm³/mol. The molecule has 1 atom stereocenters. The number of carbonyl (C=O) groups is 2. The molecule has 1 rings (SSSR count). The van der Waals surface area contributed by atoms with Gasteiger partial charge in [-0.15, -0.1) is 0 Å². The summed E-state index contributed by atoms with van der Waals surface area (Å²) in [5.41, 5.74) is 0. The maximum atomic E-state index is 11.0. The van der Waals surface area contributed by atoms with Crippen molar-refractivity contribution in [2.45, 2.75) is 25.9 Å². The van der Waals surface area contributed by atoms with E-state index < -0.39 is 0 Å². The van der Waals surface area contributed by atoms with Crippen LogP contribution in [0.15, 0.2) is 0 Å². The minimum absolute atomic E-state index is 0.0865. The maximum Gasteiger partial charge on any atom is 0.254 e. The minimum Gasteiger partial charge on any atom is -0.272 e. The molecule has 0 aromatic heterocycles. The first-order valence-corrected chi connectivity index (χ1v) is 5.26. The van der Waals surface area contributed by atoms with Gasteiger partial charge in [-0.05, 0) is 6.92 Å². The van der Waals surface area contributed by atoms with Crippen molar-refractivity contribution in [3.63, 3.8) is 0 Å². The van der Waals surface area contributed by atoms with Crippen LogP contribution in [0.1, 0.15) is 19.8 Å². The molecule has 68 valence electrons. The first kappa shape index (κ1) is 9.91. The van der Waals surface area contributed by atoms with E-state index in [0.717, 1.165) is 9.49 Å². The Bertz CT molecular complexity index is 191. The van der Waals surface area contributed by atoms with Crippen molar-refractivity contribution < 1.29 is 14.4 Å². The van der Waals surface area contributed by atoms with Gasteiger partial charge in [-0.1, -0.05) is 22.6 Å². The van der Waals surface area contributed by atoms with Crippen LogP contribution in [0.4, 0.5) is 0 Å². The van der Waals surface area contributed by atoms with E-state index in [4.69, 9.17) is 4.84 Å². The first-order chi connectivity index (χ1) is 5.65. The van der Waals surface area contributed by atoms with Gasteiger partial charge in [0.25, 0.3) is 11.8 Å². The molecule has 5 heteroatoms. The molecule has 0 radical (unpaired) electrons. The summed E-state index contributed by atoms with van der Waals surface area (Å²) in [6.45, 7) is 1.82. The van der Waals surface area contributed by atoms with Gasteiger partial charge in [0.1, 0.15) is 0 Å². The molecule has 0 aromatic rings.